The SMILES string of the molecule is NC(=O)c1ccnc(N(C(=O)C(F)(F)F)C(Cl)Br)c1. The van der Waals surface area contributed by atoms with E-state index < -0.39 is 28.2 Å². The molecule has 10 heteroatoms. The lowest BCUT2D eigenvalue weighted by molar-refractivity contribution is -0.170. The van der Waals surface area contributed by atoms with Crippen LogP contribution >= 0.6 is 27.5 Å². The summed E-state index contributed by atoms with van der Waals surface area (Å²) in [6.07, 6.45) is -4.09. The molecule has 1 aromatic heterocycles. The van der Waals surface area contributed by atoms with Crippen molar-refractivity contribution >= 4 is 45.2 Å². The van der Waals surface area contributed by atoms with E-state index in [1.165, 1.54) is 6.07 Å². The van der Waals surface area contributed by atoms with Crippen LogP contribution in [0.1, 0.15) is 10.4 Å². The van der Waals surface area contributed by atoms with E-state index in [4.69, 9.17) is 17.3 Å². The molecule has 0 spiro atoms. The van der Waals surface area contributed by atoms with Crippen molar-refractivity contribution in [1.82, 2.24) is 4.98 Å². The molecular weight excluding hydrogens is 354 g/mol. The summed E-state index contributed by atoms with van der Waals surface area (Å²) in [6, 6.07) is 2.13. The highest BCUT2D eigenvalue weighted by molar-refractivity contribution is 9.10. The molecule has 1 rings (SSSR count). The lowest BCUT2D eigenvalue weighted by atomic mass is 10.2. The molecule has 0 aliphatic carbocycles. The van der Waals surface area contributed by atoms with Crippen molar-refractivity contribution in [3.8, 4) is 0 Å². The van der Waals surface area contributed by atoms with E-state index in [1.807, 2.05) is 0 Å². The molecule has 0 radical (unpaired) electrons. The second-order valence-electron chi connectivity index (χ2n) is 3.22. The molecule has 2 N–H and O–H groups in total. The molecule has 5 nitrogen and oxygen atoms in total. The van der Waals surface area contributed by atoms with Crippen LogP contribution in [0.15, 0.2) is 18.3 Å². The lowest BCUT2D eigenvalue weighted by Crippen LogP contribution is -2.44. The van der Waals surface area contributed by atoms with Crippen LogP contribution in [-0.2, 0) is 4.79 Å². The van der Waals surface area contributed by atoms with E-state index in [1.54, 1.807) is 0 Å². The summed E-state index contributed by atoms with van der Waals surface area (Å²) >= 11 is 8.12. The van der Waals surface area contributed by atoms with Gasteiger partial charge in [-0.2, -0.15) is 13.2 Å². The van der Waals surface area contributed by atoms with Crippen LogP contribution < -0.4 is 10.6 Å². The molecule has 0 saturated carbocycles. The van der Waals surface area contributed by atoms with Gasteiger partial charge < -0.3 is 5.73 Å². The van der Waals surface area contributed by atoms with Crippen molar-refractivity contribution in [2.45, 2.75) is 10.6 Å². The summed E-state index contributed by atoms with van der Waals surface area (Å²) in [5, 5.41) is 0. The van der Waals surface area contributed by atoms with Crippen molar-refractivity contribution in [2.24, 2.45) is 5.73 Å². The van der Waals surface area contributed by atoms with Crippen LogP contribution in [0.25, 0.3) is 0 Å². The van der Waals surface area contributed by atoms with Gasteiger partial charge in [0.2, 0.25) is 5.91 Å². The number of nitrogens with two attached hydrogens (primary N) is 1. The van der Waals surface area contributed by atoms with Gasteiger partial charge in [0, 0.05) is 11.8 Å². The number of hydrogen-bond acceptors (Lipinski definition) is 3. The normalized spacial score (nSPS) is 12.9. The zero-order valence-corrected chi connectivity index (χ0v) is 11.3. The maximum absolute atomic E-state index is 12.4. The zero-order chi connectivity index (χ0) is 14.8. The molecule has 0 aliphatic heterocycles. The van der Waals surface area contributed by atoms with Gasteiger partial charge in [-0.25, -0.2) is 4.98 Å². The number of anilines is 1. The number of alkyl halides is 5. The molecule has 2 amide bonds. The summed E-state index contributed by atoms with van der Waals surface area (Å²) in [5.74, 6) is -3.54. The Morgan fingerprint density at radius 3 is 2.47 bits per heavy atom. The Kier molecular flexibility index (Phi) is 4.75. The maximum atomic E-state index is 12.4. The Bertz CT molecular complexity index is 510. The maximum Gasteiger partial charge on any atom is 0.471 e. The van der Waals surface area contributed by atoms with E-state index in [0.717, 1.165) is 12.3 Å². The van der Waals surface area contributed by atoms with Gasteiger partial charge in [-0.3, -0.25) is 14.5 Å². The monoisotopic (exact) mass is 359 g/mol. The van der Waals surface area contributed by atoms with Gasteiger partial charge >= 0.3 is 12.1 Å². The van der Waals surface area contributed by atoms with E-state index in [9.17, 15) is 22.8 Å². The van der Waals surface area contributed by atoms with Gasteiger partial charge in [0.25, 0.3) is 0 Å². The Morgan fingerprint density at radius 1 is 1.47 bits per heavy atom. The number of hydrogen-bond donors (Lipinski definition) is 1. The molecule has 1 unspecified atom stereocenters. The Morgan fingerprint density at radius 2 is 2.05 bits per heavy atom. The number of rotatable bonds is 3. The smallest absolute Gasteiger partial charge is 0.366 e. The highest BCUT2D eigenvalue weighted by Crippen LogP contribution is 2.28. The van der Waals surface area contributed by atoms with Crippen molar-refractivity contribution in [1.29, 1.82) is 0 Å². The summed E-state index contributed by atoms with van der Waals surface area (Å²) in [6.45, 7) is 0. The summed E-state index contributed by atoms with van der Waals surface area (Å²) in [7, 11) is 0. The van der Waals surface area contributed by atoms with Crippen molar-refractivity contribution in [3.63, 3.8) is 0 Å². The average molecular weight is 361 g/mol. The predicted octanol–water partition coefficient (Wildman–Crippen LogP) is 1.99. The number of primary amides is 1. The first-order valence-electron chi connectivity index (χ1n) is 4.59. The number of amides is 2. The molecule has 0 bridgehead atoms. The van der Waals surface area contributed by atoms with E-state index >= 15 is 0 Å². The third kappa shape index (κ3) is 3.80. The zero-order valence-electron chi connectivity index (χ0n) is 8.99. The van der Waals surface area contributed by atoms with E-state index in [0.29, 0.717) is 0 Å². The molecule has 19 heavy (non-hydrogen) atoms. The minimum Gasteiger partial charge on any atom is -0.366 e. The molecule has 104 valence electrons. The molecule has 0 aromatic carbocycles. The van der Waals surface area contributed by atoms with Gasteiger partial charge in [0.05, 0.1) is 0 Å². The van der Waals surface area contributed by atoms with Crippen LogP contribution in [0.2, 0.25) is 0 Å². The summed E-state index contributed by atoms with van der Waals surface area (Å²) in [5.41, 5.74) is 4.88. The Balaban J connectivity index is 3.24. The van der Waals surface area contributed by atoms with Crippen molar-refractivity contribution in [2.75, 3.05) is 4.90 Å². The lowest BCUT2D eigenvalue weighted by Gasteiger charge is -2.24. The fourth-order valence-electron chi connectivity index (χ4n) is 1.13. The topological polar surface area (TPSA) is 76.3 Å². The van der Waals surface area contributed by atoms with Gasteiger partial charge in [0.1, 0.15) is 5.82 Å². The highest BCUT2D eigenvalue weighted by atomic mass is 79.9. The first-order chi connectivity index (χ1) is 8.64. The number of carbonyl (C=O) groups excluding carboxylic acids is 2. The number of nitrogens with zero attached hydrogens (tertiary/aromatic N) is 2. The fraction of sp³-hybridized carbons (Fsp3) is 0.222. The number of aromatic nitrogens is 1. The predicted molar refractivity (Wildman–Crippen MR) is 64.9 cm³/mol. The van der Waals surface area contributed by atoms with Crippen LogP contribution in [0, 0.1) is 0 Å². The third-order valence-corrected chi connectivity index (χ3v) is 2.54. The summed E-state index contributed by atoms with van der Waals surface area (Å²) < 4.78 is 35.8. The van der Waals surface area contributed by atoms with Crippen LogP contribution in [-0.4, -0.2) is 27.4 Å². The first kappa shape index (κ1) is 15.7. The first-order valence-corrected chi connectivity index (χ1v) is 5.94. The standard InChI is InChI=1S/C9H6BrClF3N3O2/c10-8(11)17(7(19)9(12,13)14)5-3-4(6(15)18)1-2-16-5/h1-3,8H,(H2,15,18). The quantitative estimate of drug-likeness (QED) is 0.661. The molecule has 1 atom stereocenters. The molecule has 0 saturated heterocycles. The third-order valence-electron chi connectivity index (χ3n) is 1.93. The van der Waals surface area contributed by atoms with E-state index in [2.05, 4.69) is 20.9 Å². The van der Waals surface area contributed by atoms with Crippen molar-refractivity contribution < 1.29 is 22.8 Å². The fourth-order valence-corrected chi connectivity index (χ4v) is 1.72. The Hall–Kier alpha value is -1.35. The average Bonchev–Trinajstić information content (AvgIpc) is 2.27. The van der Waals surface area contributed by atoms with Crippen LogP contribution in [0.4, 0.5) is 19.0 Å². The number of carbonyl (C=O) groups is 2. The molecular formula is C9H6BrClF3N3O2. The van der Waals surface area contributed by atoms with E-state index in [-0.39, 0.29) is 10.5 Å². The minimum absolute atomic E-state index is 0.102. The molecule has 1 aromatic rings. The molecule has 0 fully saturated rings. The largest absolute Gasteiger partial charge is 0.471 e. The molecule has 0 aliphatic rings. The number of halogens is 5. The second kappa shape index (κ2) is 5.74. The van der Waals surface area contributed by atoms with Crippen LogP contribution in [0.5, 0.6) is 0 Å². The second-order valence-corrected chi connectivity index (χ2v) is 5.03. The van der Waals surface area contributed by atoms with Crippen LogP contribution in [0.3, 0.4) is 0 Å². The minimum atomic E-state index is -5.13. The number of pyridine rings is 1. The summed E-state index contributed by atoms with van der Waals surface area (Å²) in [4.78, 5) is 25.9. The van der Waals surface area contributed by atoms with Gasteiger partial charge in [-0.15, -0.1) is 0 Å². The van der Waals surface area contributed by atoms with Gasteiger partial charge in [-0.05, 0) is 28.1 Å². The van der Waals surface area contributed by atoms with Gasteiger partial charge in [0.15, 0.2) is 4.41 Å². The van der Waals surface area contributed by atoms with Crippen molar-refractivity contribution in [3.05, 3.63) is 23.9 Å². The van der Waals surface area contributed by atoms with Gasteiger partial charge in [-0.1, -0.05) is 11.6 Å². The highest BCUT2D eigenvalue weighted by Gasteiger charge is 2.45. The Labute approximate surface area is 118 Å². The molecule has 1 heterocycles.